The predicted molar refractivity (Wildman–Crippen MR) is 150 cm³/mol. The van der Waals surface area contributed by atoms with Gasteiger partial charge in [0.2, 0.25) is 15.9 Å². The summed E-state index contributed by atoms with van der Waals surface area (Å²) in [4.78, 5) is 26.5. The van der Waals surface area contributed by atoms with Crippen LogP contribution in [0, 0.1) is 0 Å². The van der Waals surface area contributed by atoms with Gasteiger partial charge in [-0.3, -0.25) is 14.3 Å². The number of benzene rings is 3. The van der Waals surface area contributed by atoms with Gasteiger partial charge in [-0.1, -0.05) is 30.3 Å². The van der Waals surface area contributed by atoms with Gasteiger partial charge < -0.3 is 15.0 Å². The number of para-hydroxylation sites is 3. The van der Waals surface area contributed by atoms with Crippen molar-refractivity contribution >= 4 is 37.5 Å². The molecule has 13 heteroatoms. The van der Waals surface area contributed by atoms with Crippen molar-refractivity contribution in [3.63, 3.8) is 0 Å². The fraction of sp³-hybridized carbons (Fsp3) is 0.259. The molecule has 3 aromatic carbocycles. The van der Waals surface area contributed by atoms with Crippen LogP contribution in [0.5, 0.6) is 11.5 Å². The molecule has 40 heavy (non-hydrogen) atoms. The Balaban J connectivity index is 1.33. The first-order chi connectivity index (χ1) is 19.1. The molecule has 1 fully saturated rings. The minimum Gasteiger partial charge on any atom is -0.455 e. The third kappa shape index (κ3) is 7.17. The zero-order chi connectivity index (χ0) is 28.8. The van der Waals surface area contributed by atoms with Crippen LogP contribution < -0.4 is 14.8 Å². The second-order valence-electron chi connectivity index (χ2n) is 8.90. The van der Waals surface area contributed by atoms with E-state index in [-0.39, 0.29) is 60.5 Å². The van der Waals surface area contributed by atoms with Crippen LogP contribution in [0.4, 0.5) is 5.69 Å². The number of ether oxygens (including phenoxy) is 1. The van der Waals surface area contributed by atoms with Gasteiger partial charge in [-0.25, -0.2) is 16.8 Å². The molecular formula is C27H30N4O7S2. The lowest BCUT2D eigenvalue weighted by Crippen LogP contribution is -2.52. The van der Waals surface area contributed by atoms with E-state index in [1.807, 2.05) is 6.07 Å². The smallest absolute Gasteiger partial charge is 0.262 e. The Morgan fingerprint density at radius 3 is 2.10 bits per heavy atom. The molecule has 0 aromatic heterocycles. The maximum absolute atomic E-state index is 13.0. The molecule has 0 radical (unpaired) electrons. The number of nitrogens with zero attached hydrogens (tertiary/aromatic N) is 2. The molecule has 0 unspecified atom stereocenters. The summed E-state index contributed by atoms with van der Waals surface area (Å²) in [5.41, 5.74) is 0.429. The number of nitrogens with one attached hydrogen (secondary N) is 2. The third-order valence-corrected chi connectivity index (χ3v) is 9.54. The fourth-order valence-electron chi connectivity index (χ4n) is 4.01. The van der Waals surface area contributed by atoms with Gasteiger partial charge in [0.05, 0.1) is 22.9 Å². The average molecular weight is 587 g/mol. The van der Waals surface area contributed by atoms with E-state index in [1.165, 1.54) is 33.5 Å². The number of carbonyl (C=O) groups is 2. The maximum atomic E-state index is 13.0. The lowest BCUT2D eigenvalue weighted by molar-refractivity contribution is -0.131. The Kier molecular flexibility index (Phi) is 9.07. The number of hydrogen-bond donors (Lipinski definition) is 2. The minimum atomic E-state index is -4.00. The van der Waals surface area contributed by atoms with Crippen molar-refractivity contribution in [1.82, 2.24) is 14.5 Å². The molecule has 1 aliphatic heterocycles. The zero-order valence-corrected chi connectivity index (χ0v) is 23.4. The largest absolute Gasteiger partial charge is 0.455 e. The second kappa shape index (κ2) is 12.5. The Labute approximate surface area is 233 Å². The molecule has 1 saturated heterocycles. The zero-order valence-electron chi connectivity index (χ0n) is 21.8. The first kappa shape index (κ1) is 29.1. The van der Waals surface area contributed by atoms with Gasteiger partial charge in [0.15, 0.2) is 5.75 Å². The lowest BCUT2D eigenvalue weighted by atomic mass is 10.2. The van der Waals surface area contributed by atoms with Gasteiger partial charge in [-0.15, -0.1) is 0 Å². The molecule has 2 N–H and O–H groups in total. The molecule has 1 heterocycles. The first-order valence-corrected chi connectivity index (χ1v) is 15.7. The van der Waals surface area contributed by atoms with Crippen LogP contribution in [0.25, 0.3) is 0 Å². The van der Waals surface area contributed by atoms with Crippen LogP contribution in [-0.4, -0.2) is 76.3 Å². The lowest BCUT2D eigenvalue weighted by Gasteiger charge is -2.33. The van der Waals surface area contributed by atoms with E-state index in [9.17, 15) is 26.4 Å². The number of sulfonamides is 2. The van der Waals surface area contributed by atoms with Crippen molar-refractivity contribution in [1.29, 1.82) is 0 Å². The van der Waals surface area contributed by atoms with Crippen LogP contribution in [0.15, 0.2) is 83.8 Å². The van der Waals surface area contributed by atoms with Gasteiger partial charge in [-0.2, -0.15) is 4.31 Å². The first-order valence-electron chi connectivity index (χ1n) is 12.6. The summed E-state index contributed by atoms with van der Waals surface area (Å²) in [5, 5.41) is 2.53. The van der Waals surface area contributed by atoms with Crippen molar-refractivity contribution in [2.24, 2.45) is 0 Å². The molecule has 4 rings (SSSR count). The summed E-state index contributed by atoms with van der Waals surface area (Å²) in [5.74, 6) is 0.00474. The predicted octanol–water partition coefficient (Wildman–Crippen LogP) is 2.50. The third-order valence-electron chi connectivity index (χ3n) is 6.28. The summed E-state index contributed by atoms with van der Waals surface area (Å²) >= 11 is 0. The Morgan fingerprint density at radius 1 is 0.825 bits per heavy atom. The number of carbonyl (C=O) groups excluding carboxylic acids is 2. The van der Waals surface area contributed by atoms with Crippen LogP contribution in [0.1, 0.15) is 17.3 Å². The summed E-state index contributed by atoms with van der Waals surface area (Å²) in [6, 6.07) is 20.9. The number of amides is 2. The van der Waals surface area contributed by atoms with Crippen LogP contribution in [-0.2, 0) is 24.8 Å². The minimum absolute atomic E-state index is 0.00310. The molecule has 212 valence electrons. The molecule has 11 nitrogen and oxygen atoms in total. The van der Waals surface area contributed by atoms with Crippen molar-refractivity contribution < 1.29 is 31.2 Å². The number of piperazine rings is 1. The summed E-state index contributed by atoms with van der Waals surface area (Å²) in [7, 11) is -7.30. The summed E-state index contributed by atoms with van der Waals surface area (Å²) in [6.07, 6.45) is 0. The van der Waals surface area contributed by atoms with Gasteiger partial charge >= 0.3 is 0 Å². The topological polar surface area (TPSA) is 142 Å². The average Bonchev–Trinajstić information content (AvgIpc) is 2.97. The standard InChI is InChI=1S/C27H30N4O7S2/c1-2-39(34,35)31-18-16-30(17-19-31)26(32)20-28-27(33)21-12-14-23(15-13-21)40(36,37)29-24-10-6-7-11-25(24)38-22-8-4-3-5-9-22/h3-15,29H,2,16-20H2,1H3,(H,28,33). The van der Waals surface area contributed by atoms with E-state index in [2.05, 4.69) is 10.0 Å². The van der Waals surface area contributed by atoms with Crippen LogP contribution >= 0.6 is 0 Å². The highest BCUT2D eigenvalue weighted by Gasteiger charge is 2.27. The van der Waals surface area contributed by atoms with Gasteiger partial charge in [-0.05, 0) is 55.5 Å². The van der Waals surface area contributed by atoms with E-state index in [4.69, 9.17) is 4.74 Å². The summed E-state index contributed by atoms with van der Waals surface area (Å²) in [6.45, 7) is 2.21. The highest BCUT2D eigenvalue weighted by atomic mass is 32.2. The molecular weight excluding hydrogens is 556 g/mol. The van der Waals surface area contributed by atoms with Crippen molar-refractivity contribution in [3.05, 3.63) is 84.4 Å². The molecule has 0 saturated carbocycles. The van der Waals surface area contributed by atoms with Gasteiger partial charge in [0.1, 0.15) is 5.75 Å². The van der Waals surface area contributed by atoms with E-state index in [0.29, 0.717) is 11.5 Å². The Bertz CT molecular complexity index is 1550. The second-order valence-corrected chi connectivity index (χ2v) is 12.8. The van der Waals surface area contributed by atoms with Crippen LogP contribution in [0.2, 0.25) is 0 Å². The molecule has 0 bridgehead atoms. The summed E-state index contributed by atoms with van der Waals surface area (Å²) < 4.78 is 59.7. The molecule has 0 spiro atoms. The van der Waals surface area contributed by atoms with Crippen molar-refractivity contribution in [2.75, 3.05) is 43.2 Å². The Hall–Kier alpha value is -3.94. The normalized spacial score (nSPS) is 14.4. The van der Waals surface area contributed by atoms with Crippen molar-refractivity contribution in [2.45, 2.75) is 11.8 Å². The molecule has 1 aliphatic rings. The Morgan fingerprint density at radius 2 is 1.45 bits per heavy atom. The van der Waals surface area contributed by atoms with Crippen molar-refractivity contribution in [3.8, 4) is 11.5 Å². The highest BCUT2D eigenvalue weighted by molar-refractivity contribution is 7.92. The van der Waals surface area contributed by atoms with E-state index in [1.54, 1.807) is 55.5 Å². The van der Waals surface area contributed by atoms with Gasteiger partial charge in [0, 0.05) is 31.7 Å². The highest BCUT2D eigenvalue weighted by Crippen LogP contribution is 2.31. The van der Waals surface area contributed by atoms with Crippen LogP contribution in [0.3, 0.4) is 0 Å². The SMILES string of the molecule is CCS(=O)(=O)N1CCN(C(=O)CNC(=O)c2ccc(S(=O)(=O)Nc3ccccc3Oc3ccccc3)cc2)CC1. The molecule has 3 aromatic rings. The molecule has 0 atom stereocenters. The number of rotatable bonds is 10. The monoisotopic (exact) mass is 586 g/mol. The van der Waals surface area contributed by atoms with Gasteiger partial charge in [0.25, 0.3) is 15.9 Å². The van der Waals surface area contributed by atoms with E-state index < -0.39 is 26.0 Å². The quantitative estimate of drug-likeness (QED) is 0.372. The molecule has 0 aliphatic carbocycles. The maximum Gasteiger partial charge on any atom is 0.262 e. The van der Waals surface area contributed by atoms with E-state index in [0.717, 1.165) is 0 Å². The number of anilines is 1. The molecule has 2 amide bonds. The van der Waals surface area contributed by atoms with E-state index >= 15 is 0 Å². The fourth-order valence-corrected chi connectivity index (χ4v) is 6.17. The number of hydrogen-bond acceptors (Lipinski definition) is 7.